The van der Waals surface area contributed by atoms with Gasteiger partial charge in [0.05, 0.1) is 112 Å². The number of ether oxygens (including phenoxy) is 4. The maximum absolute atomic E-state index is 12.6. The minimum absolute atomic E-state index is 0.0122. The SMILES string of the molecule is CC(=O)N1CC(Nc2cc(C(C)(C)C)nc(N3CCOCC3)n2)C1.CC(=O)N1CC(Nc2cncc(C(C)(C)C)c2)C1.CC(C)(C)c1cc(NC2CNC2)nc(N2CCOCC2)n1.CC(C)c1nc(NC2COC2)cc(C(C)(C)C)n1.CN(c1cc(C(C)(C)C)ncn1)C1COC1.C[C@@H](N1CC(Cc2cc(C(C)(C)C)ncn2)C1)C(F)(F)F.C[C@H](N1CC(Cc2cc(C(C)(C)C)ncn2)C1)C(F)(F)F. The highest BCUT2D eigenvalue weighted by atomic mass is 19.4. The Morgan fingerprint density at radius 3 is 1.14 bits per heavy atom. The summed E-state index contributed by atoms with van der Waals surface area (Å²) in [7, 11) is 2.06. The molecule has 9 fully saturated rings. The fraction of sp³-hybridized carbons (Fsp3) is 0.696. The zero-order valence-corrected chi connectivity index (χ0v) is 87.8. The molecule has 31 nitrogen and oxygen atoms in total. The first kappa shape index (κ1) is 111. The van der Waals surface area contributed by atoms with Gasteiger partial charge in [-0.3, -0.25) is 24.4 Å². The first-order valence-corrected chi connectivity index (χ1v) is 49.2. The Morgan fingerprint density at radius 1 is 0.417 bits per heavy atom. The van der Waals surface area contributed by atoms with Crippen molar-refractivity contribution < 1.29 is 54.9 Å². The van der Waals surface area contributed by atoms with Crippen LogP contribution in [0.3, 0.4) is 0 Å². The van der Waals surface area contributed by atoms with E-state index in [-0.39, 0.29) is 67.6 Å². The number of likely N-dealkylation sites (tertiary alicyclic amines) is 4. The van der Waals surface area contributed by atoms with Crippen LogP contribution in [0.4, 0.5) is 67.2 Å². The number of rotatable bonds is 19. The number of anilines is 7. The van der Waals surface area contributed by atoms with Crippen LogP contribution in [0.2, 0.25) is 0 Å². The maximum Gasteiger partial charge on any atom is 0.403 e. The lowest BCUT2D eigenvalue weighted by Gasteiger charge is -2.43. The molecule has 2 atom stereocenters. The summed E-state index contributed by atoms with van der Waals surface area (Å²) >= 11 is 0. The van der Waals surface area contributed by atoms with E-state index in [4.69, 9.17) is 38.9 Å². The largest absolute Gasteiger partial charge is 0.403 e. The highest BCUT2D eigenvalue weighted by Crippen LogP contribution is 2.37. The molecule has 9 saturated heterocycles. The highest BCUT2D eigenvalue weighted by molar-refractivity contribution is 5.75. The number of carbonyl (C=O) groups is 2. The Kier molecular flexibility index (Phi) is 37.8. The smallest absolute Gasteiger partial charge is 0.378 e. The minimum atomic E-state index is -4.14. The van der Waals surface area contributed by atoms with Gasteiger partial charge in [-0.2, -0.15) is 36.3 Å². The number of morpholine rings is 2. The van der Waals surface area contributed by atoms with Crippen LogP contribution in [-0.2, 0) is 79.3 Å². The fourth-order valence-electron chi connectivity index (χ4n) is 15.5. The van der Waals surface area contributed by atoms with E-state index in [1.54, 1.807) is 32.8 Å². The summed E-state index contributed by atoms with van der Waals surface area (Å²) in [6.45, 7) is 71.3. The second-order valence-electron chi connectivity index (χ2n) is 45.7. The first-order chi connectivity index (χ1) is 64.7. The van der Waals surface area contributed by atoms with E-state index in [0.29, 0.717) is 82.3 Å². The van der Waals surface area contributed by atoms with Crippen molar-refractivity contribution in [3.63, 3.8) is 0 Å². The molecule has 0 saturated carbocycles. The van der Waals surface area contributed by atoms with Gasteiger partial charge in [-0.25, -0.2) is 49.8 Å². The molecular weight excluding hydrogens is 1790 g/mol. The molecule has 9 aliphatic rings. The molecule has 0 aliphatic carbocycles. The van der Waals surface area contributed by atoms with Crippen molar-refractivity contribution in [1.29, 1.82) is 0 Å². The van der Waals surface area contributed by atoms with Crippen molar-refractivity contribution in [2.45, 2.75) is 298 Å². The van der Waals surface area contributed by atoms with E-state index in [9.17, 15) is 35.9 Å². The van der Waals surface area contributed by atoms with Crippen molar-refractivity contribution in [2.24, 2.45) is 11.8 Å². The molecule has 139 heavy (non-hydrogen) atoms. The van der Waals surface area contributed by atoms with Crippen molar-refractivity contribution >= 4 is 52.7 Å². The molecule has 0 unspecified atom stereocenters. The number of nitrogens with zero attached hydrogens (tertiary/aromatic N) is 20. The summed E-state index contributed by atoms with van der Waals surface area (Å²) in [4.78, 5) is 93.7. The topological polar surface area (TPSA) is 321 Å². The van der Waals surface area contributed by atoms with E-state index < -0.39 is 24.4 Å². The number of hydrogen-bond acceptors (Lipinski definition) is 29. The Balaban J connectivity index is 0.000000168. The first-order valence-electron chi connectivity index (χ1n) is 49.2. The lowest BCUT2D eigenvalue weighted by Crippen LogP contribution is -2.56. The van der Waals surface area contributed by atoms with Gasteiger partial charge in [-0.1, -0.05) is 159 Å². The zero-order chi connectivity index (χ0) is 102. The Bertz CT molecular complexity index is 4960. The van der Waals surface area contributed by atoms with Gasteiger partial charge in [-0.15, -0.1) is 0 Å². The summed E-state index contributed by atoms with van der Waals surface area (Å²) in [6, 6.07) is 13.6. The Hall–Kier alpha value is -9.53. The number of hydrogen-bond donors (Lipinski definition) is 5. The molecule has 9 aliphatic heterocycles. The zero-order valence-electron chi connectivity index (χ0n) is 87.8. The van der Waals surface area contributed by atoms with E-state index in [0.717, 1.165) is 197 Å². The number of amides is 2. The van der Waals surface area contributed by atoms with E-state index >= 15 is 0 Å². The number of carbonyl (C=O) groups excluding carboxylic acids is 2. The predicted octanol–water partition coefficient (Wildman–Crippen LogP) is 15.0. The van der Waals surface area contributed by atoms with Crippen LogP contribution in [0.1, 0.15) is 250 Å². The van der Waals surface area contributed by atoms with Gasteiger partial charge in [0.1, 0.15) is 60.2 Å². The highest BCUT2D eigenvalue weighted by Gasteiger charge is 2.47. The van der Waals surface area contributed by atoms with Crippen LogP contribution < -0.4 is 41.3 Å². The van der Waals surface area contributed by atoms with E-state index in [1.807, 2.05) is 40.4 Å². The normalized spacial score (nSPS) is 18.5. The van der Waals surface area contributed by atoms with Crippen LogP contribution >= 0.6 is 0 Å². The molecular formula is C102H159F6N25O6. The van der Waals surface area contributed by atoms with Crippen molar-refractivity contribution in [1.82, 2.24) is 89.7 Å². The van der Waals surface area contributed by atoms with Crippen LogP contribution in [-0.4, -0.2) is 302 Å². The molecule has 0 spiro atoms. The summed E-state index contributed by atoms with van der Waals surface area (Å²) in [5.74, 6) is 7.27. The standard InChI is InChI=1S/C17H27N5O2.2C15H22F3N3.C15H25N5O.C14H21N3O.C14H23N3O.C12H19N3O/c1-12(23)22-10-13(11-22)18-15-9-14(17(2,3)4)19-16(20-15)21-5-7-24-8-6-21;2*1-10(15(16,17)18)21-7-11(8-21)5-12-6-13(14(2,3)4)20-9-19-12;1-15(2,3)12-8-13(17-11-9-16-10-11)19-14(18-12)20-4-6-21-7-5-20;1-10(18)17-8-13(9-17)16-12-5-11(6-15-7-12)14(2,3)4;1-9(2)13-16-11(14(3,4)5)6-12(17-13)15-10-7-18-8-10;1-12(2,3)10-5-11(14-8-13-10)15(4)9-6-16-7-9/h9,13H,5-8,10-11H2,1-4H3,(H,18,19,20);2*6,9-11H,5,7-8H2,1-4H3;8,11,16H,4-7,9-10H2,1-3H3,(H,17,18,19);5-7,13,16H,8-9H2,1-4H3;6,9-10H,7-8H2,1-5H3,(H,15,16,17);5,8-9H,6-7H2,1-4H3/t;2*10-;;;;/m.10..../s1. The van der Waals surface area contributed by atoms with Crippen LogP contribution in [0.15, 0.2) is 73.8 Å². The Labute approximate surface area is 821 Å². The van der Waals surface area contributed by atoms with Gasteiger partial charge in [0, 0.05) is 210 Å². The molecule has 0 aromatic carbocycles. The third kappa shape index (κ3) is 33.8. The van der Waals surface area contributed by atoms with Crippen molar-refractivity contribution in [3.05, 3.63) is 131 Å². The quantitative estimate of drug-likeness (QED) is 0.0470. The average Bonchev–Trinajstić information content (AvgIpc) is 0.813. The Morgan fingerprint density at radius 2 is 0.791 bits per heavy atom. The lowest BCUT2D eigenvalue weighted by atomic mass is 9.88. The van der Waals surface area contributed by atoms with Gasteiger partial charge in [-0.05, 0) is 67.7 Å². The monoisotopic (exact) mass is 1940 g/mol. The molecule has 0 radical (unpaired) electrons. The van der Waals surface area contributed by atoms with Gasteiger partial charge in [0.15, 0.2) is 0 Å². The number of pyridine rings is 1. The van der Waals surface area contributed by atoms with Crippen molar-refractivity contribution in [2.75, 3.05) is 187 Å². The van der Waals surface area contributed by atoms with E-state index in [2.05, 4.69) is 277 Å². The predicted molar refractivity (Wildman–Crippen MR) is 537 cm³/mol. The molecule has 7 aromatic heterocycles. The summed E-state index contributed by atoms with van der Waals surface area (Å²) < 4.78 is 96.8. The van der Waals surface area contributed by atoms with Crippen LogP contribution in [0.25, 0.3) is 0 Å². The molecule has 2 amide bonds. The second-order valence-corrected chi connectivity index (χ2v) is 45.7. The second kappa shape index (κ2) is 47.1. The molecule has 5 N–H and O–H groups in total. The maximum atomic E-state index is 12.6. The van der Waals surface area contributed by atoms with Crippen molar-refractivity contribution in [3.8, 4) is 0 Å². The van der Waals surface area contributed by atoms with Crippen LogP contribution in [0.5, 0.6) is 0 Å². The molecule has 0 bridgehead atoms. The molecule has 7 aromatic rings. The fourth-order valence-corrected chi connectivity index (χ4v) is 15.5. The van der Waals surface area contributed by atoms with Gasteiger partial charge < -0.3 is 70.0 Å². The summed E-state index contributed by atoms with van der Waals surface area (Å²) in [5, 5.41) is 17.1. The minimum Gasteiger partial charge on any atom is -0.378 e. The number of halogens is 6. The third-order valence-corrected chi connectivity index (χ3v) is 25.6. The average molecular weight is 1950 g/mol. The molecule has 16 heterocycles. The number of nitrogens with one attached hydrogen (secondary N) is 5. The summed E-state index contributed by atoms with van der Waals surface area (Å²) in [6.07, 6.45) is 1.64. The van der Waals surface area contributed by atoms with Gasteiger partial charge in [0.25, 0.3) is 0 Å². The summed E-state index contributed by atoms with van der Waals surface area (Å²) in [5.41, 5.74) is 10.4. The molecule has 770 valence electrons. The molecule has 16 rings (SSSR count). The van der Waals surface area contributed by atoms with Crippen LogP contribution in [0, 0.1) is 11.8 Å². The molecule has 37 heteroatoms. The number of alkyl halides is 6. The number of likely N-dealkylation sites (N-methyl/N-ethyl adjacent to an activating group) is 1. The lowest BCUT2D eigenvalue weighted by molar-refractivity contribution is -0.194. The van der Waals surface area contributed by atoms with Gasteiger partial charge >= 0.3 is 12.4 Å². The van der Waals surface area contributed by atoms with E-state index in [1.165, 1.54) is 29.2 Å². The number of aromatic nitrogens is 13. The third-order valence-electron chi connectivity index (χ3n) is 25.6. The van der Waals surface area contributed by atoms with Gasteiger partial charge in [0.2, 0.25) is 23.7 Å².